The van der Waals surface area contributed by atoms with E-state index in [4.69, 9.17) is 14.2 Å². The summed E-state index contributed by atoms with van der Waals surface area (Å²) in [7, 11) is 4.53. The Labute approximate surface area is 133 Å². The second-order valence-corrected chi connectivity index (χ2v) is 4.63. The first kappa shape index (κ1) is 16.4. The highest BCUT2D eigenvalue weighted by Crippen LogP contribution is 2.38. The lowest BCUT2D eigenvalue weighted by molar-refractivity contribution is -0.117. The minimum Gasteiger partial charge on any atom is -0.493 e. The van der Waals surface area contributed by atoms with Crippen molar-refractivity contribution >= 4 is 11.7 Å². The Kier molecular flexibility index (Phi) is 5.24. The molecule has 2 aromatic rings. The van der Waals surface area contributed by atoms with Crippen molar-refractivity contribution in [3.63, 3.8) is 0 Å². The fourth-order valence-electron chi connectivity index (χ4n) is 2.09. The van der Waals surface area contributed by atoms with E-state index >= 15 is 0 Å². The number of H-pyrrole nitrogens is 1. The number of nitrogens with one attached hydrogen (secondary N) is 2. The number of rotatable bonds is 7. The van der Waals surface area contributed by atoms with Crippen LogP contribution < -0.4 is 19.5 Å². The predicted molar refractivity (Wildman–Crippen MR) is 83.1 cm³/mol. The highest BCUT2D eigenvalue weighted by Gasteiger charge is 2.18. The fourth-order valence-corrected chi connectivity index (χ4v) is 2.09. The molecule has 0 spiro atoms. The van der Waals surface area contributed by atoms with Crippen LogP contribution in [-0.2, 0) is 11.3 Å². The van der Waals surface area contributed by atoms with E-state index < -0.39 is 11.7 Å². The molecule has 7 heteroatoms. The SMILES string of the molecule is COc1cc(CNC(=O)C(=O)c2ccc[nH]2)cc(OC)c1OC. The number of carbonyl (C=O) groups excluding carboxylic acids is 2. The molecule has 2 rings (SSSR count). The van der Waals surface area contributed by atoms with Gasteiger partial charge in [-0.15, -0.1) is 0 Å². The van der Waals surface area contributed by atoms with E-state index in [-0.39, 0.29) is 12.2 Å². The number of methoxy groups -OCH3 is 3. The monoisotopic (exact) mass is 318 g/mol. The summed E-state index contributed by atoms with van der Waals surface area (Å²) >= 11 is 0. The number of benzene rings is 1. The third-order valence-electron chi connectivity index (χ3n) is 3.23. The Morgan fingerprint density at radius 1 is 1.09 bits per heavy atom. The molecule has 0 aliphatic carbocycles. The van der Waals surface area contributed by atoms with Crippen LogP contribution in [-0.4, -0.2) is 38.0 Å². The number of carbonyl (C=O) groups is 2. The Balaban J connectivity index is 2.11. The molecule has 1 aromatic carbocycles. The summed E-state index contributed by atoms with van der Waals surface area (Å²) in [5, 5.41) is 2.57. The summed E-state index contributed by atoms with van der Waals surface area (Å²) in [6.07, 6.45) is 1.58. The first-order valence-corrected chi connectivity index (χ1v) is 6.85. The molecule has 23 heavy (non-hydrogen) atoms. The third kappa shape index (κ3) is 3.63. The summed E-state index contributed by atoms with van der Waals surface area (Å²) in [6.45, 7) is 0.155. The number of hydrogen-bond donors (Lipinski definition) is 2. The van der Waals surface area contributed by atoms with Gasteiger partial charge in [-0.05, 0) is 29.8 Å². The summed E-state index contributed by atoms with van der Waals surface area (Å²) in [6, 6.07) is 6.61. The van der Waals surface area contributed by atoms with Crippen molar-refractivity contribution in [3.8, 4) is 17.2 Å². The van der Waals surface area contributed by atoms with Crippen molar-refractivity contribution in [2.45, 2.75) is 6.54 Å². The van der Waals surface area contributed by atoms with Gasteiger partial charge in [-0.25, -0.2) is 0 Å². The average molecular weight is 318 g/mol. The molecule has 1 amide bonds. The van der Waals surface area contributed by atoms with Crippen molar-refractivity contribution in [1.82, 2.24) is 10.3 Å². The average Bonchev–Trinajstić information content (AvgIpc) is 3.12. The minimum absolute atomic E-state index is 0.155. The van der Waals surface area contributed by atoms with Crippen LogP contribution in [0.15, 0.2) is 30.5 Å². The van der Waals surface area contributed by atoms with E-state index in [1.807, 2.05) is 0 Å². The van der Waals surface area contributed by atoms with Crippen LogP contribution in [0.25, 0.3) is 0 Å². The van der Waals surface area contributed by atoms with Crippen LogP contribution in [0, 0.1) is 0 Å². The minimum atomic E-state index is -0.693. The number of hydrogen-bond acceptors (Lipinski definition) is 5. The van der Waals surface area contributed by atoms with Crippen molar-refractivity contribution in [2.75, 3.05) is 21.3 Å². The molecule has 0 fully saturated rings. The topological polar surface area (TPSA) is 89.7 Å². The van der Waals surface area contributed by atoms with Crippen LogP contribution in [0.5, 0.6) is 17.2 Å². The van der Waals surface area contributed by atoms with Crippen molar-refractivity contribution in [2.24, 2.45) is 0 Å². The van der Waals surface area contributed by atoms with Crippen molar-refractivity contribution in [1.29, 1.82) is 0 Å². The molecule has 0 radical (unpaired) electrons. The molecular formula is C16H18N2O5. The Bertz CT molecular complexity index is 669. The lowest BCUT2D eigenvalue weighted by Gasteiger charge is -2.14. The highest BCUT2D eigenvalue weighted by molar-refractivity contribution is 6.42. The van der Waals surface area contributed by atoms with E-state index in [1.165, 1.54) is 21.3 Å². The number of ketones is 1. The van der Waals surface area contributed by atoms with Gasteiger partial charge in [0.1, 0.15) is 0 Å². The van der Waals surface area contributed by atoms with Crippen molar-refractivity contribution < 1.29 is 23.8 Å². The van der Waals surface area contributed by atoms with Gasteiger partial charge in [-0.2, -0.15) is 0 Å². The number of aromatic amines is 1. The van der Waals surface area contributed by atoms with E-state index in [9.17, 15) is 9.59 Å². The van der Waals surface area contributed by atoms with E-state index in [2.05, 4.69) is 10.3 Å². The lowest BCUT2D eigenvalue weighted by Crippen LogP contribution is -2.30. The molecule has 0 aliphatic rings. The predicted octanol–water partition coefficient (Wildman–Crippen LogP) is 1.54. The number of Topliss-reactive ketones (excluding diaryl/α,β-unsaturated/α-hetero) is 1. The first-order chi connectivity index (χ1) is 11.1. The molecule has 0 saturated carbocycles. The molecule has 0 bridgehead atoms. The third-order valence-corrected chi connectivity index (χ3v) is 3.23. The van der Waals surface area contributed by atoms with Gasteiger partial charge in [0.2, 0.25) is 5.75 Å². The van der Waals surface area contributed by atoms with Gasteiger partial charge in [-0.3, -0.25) is 9.59 Å². The lowest BCUT2D eigenvalue weighted by atomic mass is 10.1. The van der Waals surface area contributed by atoms with Gasteiger partial charge in [-0.1, -0.05) is 0 Å². The molecular weight excluding hydrogens is 300 g/mol. The maximum absolute atomic E-state index is 11.9. The van der Waals surface area contributed by atoms with Crippen molar-refractivity contribution in [3.05, 3.63) is 41.7 Å². The van der Waals surface area contributed by atoms with Gasteiger partial charge < -0.3 is 24.5 Å². The highest BCUT2D eigenvalue weighted by atomic mass is 16.5. The first-order valence-electron chi connectivity index (χ1n) is 6.85. The quantitative estimate of drug-likeness (QED) is 0.597. The van der Waals surface area contributed by atoms with Crippen LogP contribution in [0.1, 0.15) is 16.1 Å². The summed E-state index contributed by atoms with van der Waals surface area (Å²) in [4.78, 5) is 26.4. The van der Waals surface area contributed by atoms with Gasteiger partial charge in [0.05, 0.1) is 27.0 Å². The Morgan fingerprint density at radius 2 is 1.74 bits per heavy atom. The normalized spacial score (nSPS) is 10.0. The van der Waals surface area contributed by atoms with Gasteiger partial charge >= 0.3 is 0 Å². The molecule has 2 N–H and O–H groups in total. The van der Waals surface area contributed by atoms with E-state index in [0.29, 0.717) is 22.8 Å². The zero-order valence-corrected chi connectivity index (χ0v) is 13.1. The Hall–Kier alpha value is -2.96. The number of amides is 1. The summed E-state index contributed by atoms with van der Waals surface area (Å²) in [5.41, 5.74) is 0.958. The molecule has 122 valence electrons. The van der Waals surface area contributed by atoms with Crippen LogP contribution in [0.4, 0.5) is 0 Å². The summed E-state index contributed by atoms with van der Waals surface area (Å²) < 4.78 is 15.7. The maximum Gasteiger partial charge on any atom is 0.294 e. The van der Waals surface area contributed by atoms with E-state index in [0.717, 1.165) is 0 Å². The van der Waals surface area contributed by atoms with Gasteiger partial charge in [0, 0.05) is 12.7 Å². The second kappa shape index (κ2) is 7.35. The Morgan fingerprint density at radius 3 is 2.22 bits per heavy atom. The number of ether oxygens (including phenoxy) is 3. The summed E-state index contributed by atoms with van der Waals surface area (Å²) in [5.74, 6) is 0.106. The molecule has 1 aromatic heterocycles. The zero-order valence-electron chi connectivity index (χ0n) is 13.1. The smallest absolute Gasteiger partial charge is 0.294 e. The standard InChI is InChI=1S/C16H18N2O5/c1-21-12-7-10(8-13(22-2)15(12)23-3)9-18-16(20)14(19)11-5-4-6-17-11/h4-8,17H,9H2,1-3H3,(H,18,20). The molecule has 1 heterocycles. The number of aromatic nitrogens is 1. The maximum atomic E-state index is 11.9. The van der Waals surface area contributed by atoms with E-state index in [1.54, 1.807) is 30.5 Å². The van der Waals surface area contributed by atoms with Crippen LogP contribution >= 0.6 is 0 Å². The van der Waals surface area contributed by atoms with Crippen LogP contribution in [0.3, 0.4) is 0 Å². The van der Waals surface area contributed by atoms with Gasteiger partial charge in [0.15, 0.2) is 11.5 Å². The molecule has 0 unspecified atom stereocenters. The molecule has 0 aliphatic heterocycles. The van der Waals surface area contributed by atoms with Crippen LogP contribution in [0.2, 0.25) is 0 Å². The zero-order chi connectivity index (χ0) is 16.8. The fraction of sp³-hybridized carbons (Fsp3) is 0.250. The largest absolute Gasteiger partial charge is 0.493 e. The second-order valence-electron chi connectivity index (χ2n) is 4.63. The molecule has 0 atom stereocenters. The molecule has 7 nitrogen and oxygen atoms in total. The molecule has 0 saturated heterocycles. The van der Waals surface area contributed by atoms with Gasteiger partial charge in [0.25, 0.3) is 11.7 Å².